The number of ketones is 1. The summed E-state index contributed by atoms with van der Waals surface area (Å²) in [4.78, 5) is 24.2. The quantitative estimate of drug-likeness (QED) is 0.515. The Kier molecular flexibility index (Phi) is 3.72. The number of methoxy groups -OCH3 is 1. The highest BCUT2D eigenvalue weighted by atomic mass is 19.1. The van der Waals surface area contributed by atoms with Crippen LogP contribution in [0.15, 0.2) is 30.0 Å². The zero-order chi connectivity index (χ0) is 15.8. The lowest BCUT2D eigenvalue weighted by molar-refractivity contribution is -0.155. The predicted octanol–water partition coefficient (Wildman–Crippen LogP) is 2.41. The number of hydrogen-bond donors (Lipinski definition) is 1. The highest BCUT2D eigenvalue weighted by Gasteiger charge is 2.47. The van der Waals surface area contributed by atoms with Crippen LogP contribution in [-0.4, -0.2) is 30.1 Å². The van der Waals surface area contributed by atoms with Gasteiger partial charge in [0, 0.05) is 0 Å². The van der Waals surface area contributed by atoms with E-state index < -0.39 is 29.1 Å². The summed E-state index contributed by atoms with van der Waals surface area (Å²) >= 11 is 0. The standard InChI is InChI=1S/C15H15FO5/c1-15(2,14(19)20-3)13-10(7-17)12(18)9-6-8(16)4-5-11(9)21-13/h4-7,13,17H,1-3H3/b10-7+. The number of fused-ring (bicyclic) bond motifs is 1. The van der Waals surface area contributed by atoms with Crippen LogP contribution in [0.25, 0.3) is 0 Å². The number of ether oxygens (including phenoxy) is 2. The van der Waals surface area contributed by atoms with E-state index in [2.05, 4.69) is 0 Å². The van der Waals surface area contributed by atoms with Gasteiger partial charge in [0.1, 0.15) is 23.1 Å². The fraction of sp³-hybridized carbons (Fsp3) is 0.333. The van der Waals surface area contributed by atoms with Crippen molar-refractivity contribution in [3.05, 3.63) is 41.4 Å². The maximum atomic E-state index is 13.2. The minimum Gasteiger partial charge on any atom is -0.515 e. The Bertz CT molecular complexity index is 633. The van der Waals surface area contributed by atoms with Gasteiger partial charge in [0.2, 0.25) is 0 Å². The summed E-state index contributed by atoms with van der Waals surface area (Å²) in [6.45, 7) is 3.07. The maximum Gasteiger partial charge on any atom is 0.315 e. The summed E-state index contributed by atoms with van der Waals surface area (Å²) in [5, 5.41) is 9.34. The molecule has 0 saturated carbocycles. The fourth-order valence-corrected chi connectivity index (χ4v) is 2.28. The Morgan fingerprint density at radius 2 is 2.14 bits per heavy atom. The number of Topliss-reactive ketones (excluding diaryl/α,β-unsaturated/α-hetero) is 1. The minimum atomic E-state index is -1.20. The number of benzene rings is 1. The second-order valence-corrected chi connectivity index (χ2v) is 5.27. The molecule has 0 bridgehead atoms. The normalized spacial score (nSPS) is 19.9. The third-order valence-corrected chi connectivity index (χ3v) is 3.48. The molecule has 1 heterocycles. The van der Waals surface area contributed by atoms with Gasteiger partial charge >= 0.3 is 5.97 Å². The van der Waals surface area contributed by atoms with Gasteiger partial charge in [-0.3, -0.25) is 9.59 Å². The fourth-order valence-electron chi connectivity index (χ4n) is 2.28. The van der Waals surface area contributed by atoms with E-state index in [0.717, 1.165) is 12.1 Å². The molecule has 0 saturated heterocycles. The molecule has 1 aromatic carbocycles. The lowest BCUT2D eigenvalue weighted by Gasteiger charge is -2.36. The van der Waals surface area contributed by atoms with Gasteiger partial charge in [-0.1, -0.05) is 0 Å². The van der Waals surface area contributed by atoms with Gasteiger partial charge in [-0.2, -0.15) is 0 Å². The average molecular weight is 294 g/mol. The van der Waals surface area contributed by atoms with Crippen molar-refractivity contribution in [2.75, 3.05) is 7.11 Å². The lowest BCUT2D eigenvalue weighted by atomic mass is 9.79. The van der Waals surface area contributed by atoms with Crippen LogP contribution in [0, 0.1) is 11.2 Å². The molecule has 0 spiro atoms. The van der Waals surface area contributed by atoms with Crippen molar-refractivity contribution in [2.45, 2.75) is 20.0 Å². The van der Waals surface area contributed by atoms with Crippen LogP contribution in [0.5, 0.6) is 5.75 Å². The molecular weight excluding hydrogens is 279 g/mol. The number of hydrogen-bond acceptors (Lipinski definition) is 5. The number of carbonyl (C=O) groups excluding carboxylic acids is 2. The number of aliphatic hydroxyl groups is 1. The molecule has 1 unspecified atom stereocenters. The first kappa shape index (κ1) is 15.0. The largest absolute Gasteiger partial charge is 0.515 e. The van der Waals surface area contributed by atoms with Gasteiger partial charge in [0.15, 0.2) is 5.78 Å². The number of carbonyl (C=O) groups is 2. The Hall–Kier alpha value is -2.37. The van der Waals surface area contributed by atoms with Crippen LogP contribution < -0.4 is 4.74 Å². The molecule has 5 nitrogen and oxygen atoms in total. The number of halogens is 1. The summed E-state index contributed by atoms with van der Waals surface area (Å²) in [5.74, 6) is -1.60. The minimum absolute atomic E-state index is 0.00668. The van der Waals surface area contributed by atoms with E-state index in [-0.39, 0.29) is 16.9 Å². The van der Waals surface area contributed by atoms with Crippen molar-refractivity contribution in [1.82, 2.24) is 0 Å². The molecule has 21 heavy (non-hydrogen) atoms. The van der Waals surface area contributed by atoms with E-state index in [1.165, 1.54) is 27.0 Å². The molecule has 0 fully saturated rings. The second-order valence-electron chi connectivity index (χ2n) is 5.27. The molecule has 0 radical (unpaired) electrons. The number of esters is 1. The zero-order valence-corrected chi connectivity index (χ0v) is 11.8. The van der Waals surface area contributed by atoms with Crippen LogP contribution in [0.4, 0.5) is 4.39 Å². The van der Waals surface area contributed by atoms with Gasteiger partial charge in [-0.05, 0) is 32.0 Å². The third kappa shape index (κ3) is 2.37. The highest BCUT2D eigenvalue weighted by Crippen LogP contribution is 2.39. The SMILES string of the molecule is COC(=O)C(C)(C)C1Oc2ccc(F)cc2C(=O)/C1=C\O. The predicted molar refractivity (Wildman–Crippen MR) is 71.7 cm³/mol. The van der Waals surface area contributed by atoms with Crippen molar-refractivity contribution >= 4 is 11.8 Å². The monoisotopic (exact) mass is 294 g/mol. The molecule has 1 aliphatic heterocycles. The molecule has 1 aromatic rings. The molecule has 1 aliphatic rings. The summed E-state index contributed by atoms with van der Waals surface area (Å²) in [5.41, 5.74) is -1.32. The molecule has 0 aliphatic carbocycles. The summed E-state index contributed by atoms with van der Waals surface area (Å²) in [7, 11) is 1.22. The molecular formula is C15H15FO5. The maximum absolute atomic E-state index is 13.2. The first-order valence-electron chi connectivity index (χ1n) is 6.26. The molecule has 1 atom stereocenters. The van der Waals surface area contributed by atoms with Crippen LogP contribution in [0.2, 0.25) is 0 Å². The molecule has 2 rings (SSSR count). The molecule has 0 aromatic heterocycles. The Balaban J connectivity index is 2.54. The highest BCUT2D eigenvalue weighted by molar-refractivity contribution is 6.12. The first-order valence-corrected chi connectivity index (χ1v) is 6.26. The van der Waals surface area contributed by atoms with E-state index >= 15 is 0 Å². The molecule has 0 amide bonds. The van der Waals surface area contributed by atoms with Crippen LogP contribution in [0.1, 0.15) is 24.2 Å². The van der Waals surface area contributed by atoms with Gasteiger partial charge in [-0.25, -0.2) is 4.39 Å². The number of aliphatic hydroxyl groups excluding tert-OH is 1. The molecule has 1 N–H and O–H groups in total. The Morgan fingerprint density at radius 3 is 2.71 bits per heavy atom. The van der Waals surface area contributed by atoms with E-state index in [1.54, 1.807) is 0 Å². The smallest absolute Gasteiger partial charge is 0.315 e. The van der Waals surface area contributed by atoms with Crippen molar-refractivity contribution in [3.8, 4) is 5.75 Å². The number of rotatable bonds is 2. The van der Waals surface area contributed by atoms with Crippen molar-refractivity contribution < 1.29 is 28.6 Å². The van der Waals surface area contributed by atoms with Crippen LogP contribution in [-0.2, 0) is 9.53 Å². The van der Waals surface area contributed by atoms with Gasteiger partial charge in [0.25, 0.3) is 0 Å². The van der Waals surface area contributed by atoms with Gasteiger partial charge in [0.05, 0.1) is 24.5 Å². The Morgan fingerprint density at radius 1 is 1.48 bits per heavy atom. The van der Waals surface area contributed by atoms with Gasteiger partial charge in [-0.15, -0.1) is 0 Å². The molecule has 112 valence electrons. The lowest BCUT2D eigenvalue weighted by Crippen LogP contribution is -2.46. The van der Waals surface area contributed by atoms with E-state index in [4.69, 9.17) is 9.47 Å². The zero-order valence-electron chi connectivity index (χ0n) is 11.8. The van der Waals surface area contributed by atoms with E-state index in [1.807, 2.05) is 0 Å². The topological polar surface area (TPSA) is 72.8 Å². The summed E-state index contributed by atoms with van der Waals surface area (Å²) < 4.78 is 23.6. The summed E-state index contributed by atoms with van der Waals surface area (Å²) in [6, 6.07) is 3.50. The van der Waals surface area contributed by atoms with Crippen LogP contribution in [0.3, 0.4) is 0 Å². The Labute approximate surface area is 121 Å². The van der Waals surface area contributed by atoms with Gasteiger partial charge < -0.3 is 14.6 Å². The second kappa shape index (κ2) is 5.20. The third-order valence-electron chi connectivity index (χ3n) is 3.48. The van der Waals surface area contributed by atoms with E-state index in [9.17, 15) is 19.1 Å². The summed E-state index contributed by atoms with van der Waals surface area (Å²) in [6.07, 6.45) is -0.439. The van der Waals surface area contributed by atoms with Crippen molar-refractivity contribution in [1.29, 1.82) is 0 Å². The molecule has 6 heteroatoms. The van der Waals surface area contributed by atoms with Crippen molar-refractivity contribution in [2.24, 2.45) is 5.41 Å². The van der Waals surface area contributed by atoms with Crippen molar-refractivity contribution in [3.63, 3.8) is 0 Å². The first-order chi connectivity index (χ1) is 9.82. The van der Waals surface area contributed by atoms with E-state index in [0.29, 0.717) is 6.26 Å². The van der Waals surface area contributed by atoms with Crippen LogP contribution >= 0.6 is 0 Å². The average Bonchev–Trinajstić information content (AvgIpc) is 2.46.